The van der Waals surface area contributed by atoms with Gasteiger partial charge in [-0.1, -0.05) is 0 Å². The summed E-state index contributed by atoms with van der Waals surface area (Å²) in [5.74, 6) is -2.22. The fraction of sp³-hybridized carbons (Fsp3) is 1.00. The molecule has 23 heavy (non-hydrogen) atoms. The van der Waals surface area contributed by atoms with Crippen molar-refractivity contribution in [1.82, 2.24) is 0 Å². The topological polar surface area (TPSA) is 190 Å². The molecule has 2 heterocycles. The van der Waals surface area contributed by atoms with E-state index < -0.39 is 74.6 Å². The Balaban J connectivity index is 2.18. The van der Waals surface area contributed by atoms with Gasteiger partial charge in [-0.2, -0.15) is 0 Å². The lowest BCUT2D eigenvalue weighted by Crippen LogP contribution is -2.62. The molecule has 11 nitrogen and oxygen atoms in total. The van der Waals surface area contributed by atoms with Crippen LogP contribution in [0.1, 0.15) is 0 Å². The van der Waals surface area contributed by atoms with Gasteiger partial charge in [0.25, 0.3) is 0 Å². The number of hydrogen-bond donors (Lipinski definition) is 8. The van der Waals surface area contributed by atoms with Crippen molar-refractivity contribution >= 4 is 0 Å². The molecule has 0 amide bonds. The molecule has 1 unspecified atom stereocenters. The van der Waals surface area contributed by atoms with E-state index >= 15 is 0 Å². The minimum absolute atomic E-state index is 0.669. The average Bonchev–Trinajstić information content (AvgIpc) is 2.80. The summed E-state index contributed by atoms with van der Waals surface area (Å²) in [6.45, 7) is -2.32. The molecule has 2 aliphatic rings. The second-order valence-corrected chi connectivity index (χ2v) is 5.56. The predicted molar refractivity (Wildman–Crippen MR) is 68.6 cm³/mol. The van der Waals surface area contributed by atoms with Gasteiger partial charge in [-0.25, -0.2) is 0 Å². The molecule has 136 valence electrons. The summed E-state index contributed by atoms with van der Waals surface area (Å²) in [5, 5.41) is 76.7. The van der Waals surface area contributed by atoms with Gasteiger partial charge in [0.05, 0.1) is 13.2 Å². The Bertz CT molecular complexity index is 393. The molecular formula is C12H22O11. The summed E-state index contributed by atoms with van der Waals surface area (Å²) >= 11 is 0. The van der Waals surface area contributed by atoms with Crippen molar-refractivity contribution in [3.8, 4) is 0 Å². The number of rotatable bonds is 5. The van der Waals surface area contributed by atoms with Gasteiger partial charge in [0.1, 0.15) is 49.3 Å². The molecule has 0 saturated carbocycles. The molecule has 2 saturated heterocycles. The largest absolute Gasteiger partial charge is 0.394 e. The highest BCUT2D eigenvalue weighted by molar-refractivity contribution is 4.98. The fourth-order valence-corrected chi connectivity index (χ4v) is 2.63. The molecule has 2 fully saturated rings. The Morgan fingerprint density at radius 1 is 0.783 bits per heavy atom. The van der Waals surface area contributed by atoms with E-state index in [9.17, 15) is 30.6 Å². The molecule has 11 heteroatoms. The number of hydrogen-bond acceptors (Lipinski definition) is 11. The second-order valence-electron chi connectivity index (χ2n) is 5.56. The van der Waals surface area contributed by atoms with Gasteiger partial charge in [0, 0.05) is 0 Å². The van der Waals surface area contributed by atoms with Gasteiger partial charge < -0.3 is 55.1 Å². The number of aliphatic hydroxyl groups excluding tert-OH is 8. The van der Waals surface area contributed by atoms with Crippen LogP contribution in [-0.4, -0.2) is 115 Å². The summed E-state index contributed by atoms with van der Waals surface area (Å²) in [7, 11) is 0. The van der Waals surface area contributed by atoms with Crippen molar-refractivity contribution in [2.75, 3.05) is 19.8 Å². The van der Waals surface area contributed by atoms with Gasteiger partial charge in [-0.15, -0.1) is 0 Å². The van der Waals surface area contributed by atoms with E-state index in [-0.39, 0.29) is 0 Å². The van der Waals surface area contributed by atoms with Crippen molar-refractivity contribution in [2.45, 2.75) is 54.8 Å². The SMILES string of the molecule is OC[C@@H]1O[C@@](CO)(OC2O[C@H](CO)[C@H](O)[C@@H](O)[C@H]2O)[C@@H](O)[C@H]1O. The number of aliphatic hydroxyl groups is 8. The van der Waals surface area contributed by atoms with Crippen LogP contribution in [0, 0.1) is 0 Å². The maximum absolute atomic E-state index is 10.00. The third-order valence-corrected chi connectivity index (χ3v) is 4.07. The van der Waals surface area contributed by atoms with Crippen LogP contribution in [0.15, 0.2) is 0 Å². The molecule has 0 aromatic carbocycles. The van der Waals surface area contributed by atoms with Crippen molar-refractivity contribution in [3.05, 3.63) is 0 Å². The Hall–Kier alpha value is -0.440. The zero-order valence-corrected chi connectivity index (χ0v) is 12.0. The Morgan fingerprint density at radius 3 is 1.87 bits per heavy atom. The van der Waals surface area contributed by atoms with Crippen molar-refractivity contribution < 1.29 is 55.1 Å². The fourth-order valence-electron chi connectivity index (χ4n) is 2.63. The van der Waals surface area contributed by atoms with E-state index in [0.717, 1.165) is 0 Å². The molecule has 0 bridgehead atoms. The molecular weight excluding hydrogens is 320 g/mol. The van der Waals surface area contributed by atoms with Crippen LogP contribution in [0.2, 0.25) is 0 Å². The van der Waals surface area contributed by atoms with E-state index in [4.69, 9.17) is 24.4 Å². The summed E-state index contributed by atoms with van der Waals surface area (Å²) in [4.78, 5) is 0. The summed E-state index contributed by atoms with van der Waals surface area (Å²) in [6.07, 6.45) is -12.7. The minimum atomic E-state index is -2.22. The van der Waals surface area contributed by atoms with Gasteiger partial charge in [-0.3, -0.25) is 0 Å². The van der Waals surface area contributed by atoms with Crippen molar-refractivity contribution in [1.29, 1.82) is 0 Å². The normalized spacial score (nSPS) is 51.1. The quantitative estimate of drug-likeness (QED) is 0.238. The summed E-state index contributed by atoms with van der Waals surface area (Å²) in [5.41, 5.74) is 0. The lowest BCUT2D eigenvalue weighted by atomic mass is 9.99. The molecule has 8 N–H and O–H groups in total. The van der Waals surface area contributed by atoms with Crippen molar-refractivity contribution in [2.24, 2.45) is 0 Å². The molecule has 0 radical (unpaired) electrons. The average molecular weight is 342 g/mol. The molecule has 0 spiro atoms. The molecule has 0 aliphatic carbocycles. The van der Waals surface area contributed by atoms with Crippen LogP contribution in [0.5, 0.6) is 0 Å². The minimum Gasteiger partial charge on any atom is -0.394 e. The van der Waals surface area contributed by atoms with E-state index in [1.54, 1.807) is 0 Å². The van der Waals surface area contributed by atoms with Gasteiger partial charge in [0.2, 0.25) is 5.79 Å². The zero-order valence-electron chi connectivity index (χ0n) is 12.0. The molecule has 0 aromatic rings. The first kappa shape index (κ1) is 18.9. The summed E-state index contributed by atoms with van der Waals surface area (Å²) in [6, 6.07) is 0. The Morgan fingerprint density at radius 2 is 1.39 bits per heavy atom. The van der Waals surface area contributed by atoms with Gasteiger partial charge in [-0.05, 0) is 0 Å². The van der Waals surface area contributed by atoms with Crippen LogP contribution in [0.3, 0.4) is 0 Å². The predicted octanol–water partition coefficient (Wildman–Crippen LogP) is -5.40. The zero-order chi connectivity index (χ0) is 17.4. The van der Waals surface area contributed by atoms with E-state index in [0.29, 0.717) is 0 Å². The van der Waals surface area contributed by atoms with E-state index in [1.807, 2.05) is 0 Å². The van der Waals surface area contributed by atoms with Gasteiger partial charge in [0.15, 0.2) is 6.29 Å². The highest BCUT2D eigenvalue weighted by atomic mass is 16.8. The maximum atomic E-state index is 10.00. The van der Waals surface area contributed by atoms with Crippen LogP contribution in [-0.2, 0) is 14.2 Å². The lowest BCUT2D eigenvalue weighted by molar-refractivity contribution is -0.383. The first-order valence-electron chi connectivity index (χ1n) is 7.05. The highest BCUT2D eigenvalue weighted by Crippen LogP contribution is 2.35. The Labute approximate surface area is 130 Å². The van der Waals surface area contributed by atoms with Gasteiger partial charge >= 0.3 is 0 Å². The smallest absolute Gasteiger partial charge is 0.224 e. The molecule has 2 aliphatic heterocycles. The van der Waals surface area contributed by atoms with E-state index in [1.165, 1.54) is 0 Å². The Kier molecular flexibility index (Phi) is 5.92. The first-order valence-corrected chi connectivity index (χ1v) is 7.05. The second kappa shape index (κ2) is 7.21. The third kappa shape index (κ3) is 3.23. The number of ether oxygens (including phenoxy) is 3. The summed E-state index contributed by atoms with van der Waals surface area (Å²) < 4.78 is 15.4. The molecule has 0 aromatic heterocycles. The van der Waals surface area contributed by atoms with Crippen LogP contribution < -0.4 is 0 Å². The van der Waals surface area contributed by atoms with E-state index in [2.05, 4.69) is 0 Å². The highest BCUT2D eigenvalue weighted by Gasteiger charge is 2.58. The van der Waals surface area contributed by atoms with Crippen LogP contribution >= 0.6 is 0 Å². The standard InChI is InChI=1S/C12H22O11/c13-1-4-6(16)8(18)9(19)11(21-4)23-12(3-15)10(20)7(17)5(2-14)22-12/h4-11,13-20H,1-3H2/t4-,5+,6+,7+,8-,9-,10+,11?,12+/m1/s1. The van der Waals surface area contributed by atoms with Crippen LogP contribution in [0.25, 0.3) is 0 Å². The van der Waals surface area contributed by atoms with Crippen LogP contribution in [0.4, 0.5) is 0 Å². The molecule has 2 rings (SSSR count). The molecule has 9 atom stereocenters. The monoisotopic (exact) mass is 342 g/mol. The third-order valence-electron chi connectivity index (χ3n) is 4.07. The van der Waals surface area contributed by atoms with Crippen molar-refractivity contribution in [3.63, 3.8) is 0 Å². The maximum Gasteiger partial charge on any atom is 0.224 e. The lowest BCUT2D eigenvalue weighted by Gasteiger charge is -2.43. The first-order chi connectivity index (χ1) is 10.8.